The molecule has 1 N–H and O–H groups in total. The lowest BCUT2D eigenvalue weighted by Gasteiger charge is -2.37. The lowest BCUT2D eigenvalue weighted by Crippen LogP contribution is -2.44. The third kappa shape index (κ3) is 3.98. The van der Waals surface area contributed by atoms with Crippen LogP contribution in [0.1, 0.15) is 66.2 Å². The van der Waals surface area contributed by atoms with Crippen LogP contribution >= 0.6 is 0 Å². The van der Waals surface area contributed by atoms with E-state index in [0.29, 0.717) is 11.5 Å². The molecule has 0 radical (unpaired) electrons. The zero-order valence-electron chi connectivity index (χ0n) is 14.1. The van der Waals surface area contributed by atoms with Gasteiger partial charge in [-0.25, -0.2) is 0 Å². The van der Waals surface area contributed by atoms with Gasteiger partial charge in [-0.2, -0.15) is 0 Å². The van der Waals surface area contributed by atoms with Crippen LogP contribution in [0.5, 0.6) is 0 Å². The molecule has 2 rings (SSSR count). The van der Waals surface area contributed by atoms with Crippen LogP contribution < -0.4 is 5.32 Å². The average molecular weight is 281 g/mol. The van der Waals surface area contributed by atoms with Crippen molar-refractivity contribution in [2.24, 2.45) is 23.2 Å². The van der Waals surface area contributed by atoms with E-state index in [0.717, 1.165) is 30.9 Å². The summed E-state index contributed by atoms with van der Waals surface area (Å²) in [6.45, 7) is 12.6. The Morgan fingerprint density at radius 1 is 1.20 bits per heavy atom. The number of hydrogen-bond acceptors (Lipinski definition) is 2. The monoisotopic (exact) mass is 281 g/mol. The lowest BCUT2D eigenvalue weighted by molar-refractivity contribution is 0.0175. The van der Waals surface area contributed by atoms with Crippen molar-refractivity contribution in [2.45, 2.75) is 72.3 Å². The van der Waals surface area contributed by atoms with Crippen molar-refractivity contribution in [3.63, 3.8) is 0 Å². The standard InChI is InChI=1S/C18H35NO/c1-5-15(6-2)11-18(13-19-12-14(3)4)9-10-20-17(18)16-7-8-16/h14-17,19H,5-13H2,1-4H3. The third-order valence-corrected chi connectivity index (χ3v) is 5.43. The van der Waals surface area contributed by atoms with E-state index in [4.69, 9.17) is 4.74 Å². The van der Waals surface area contributed by atoms with Crippen LogP contribution in [0.15, 0.2) is 0 Å². The van der Waals surface area contributed by atoms with E-state index in [2.05, 4.69) is 33.0 Å². The first kappa shape index (κ1) is 16.3. The summed E-state index contributed by atoms with van der Waals surface area (Å²) >= 11 is 0. The Labute approximate surface area is 126 Å². The molecule has 1 saturated heterocycles. The maximum Gasteiger partial charge on any atom is 0.0672 e. The second-order valence-corrected chi connectivity index (χ2v) is 7.65. The van der Waals surface area contributed by atoms with Crippen molar-refractivity contribution in [2.75, 3.05) is 19.7 Å². The minimum atomic E-state index is 0.423. The summed E-state index contributed by atoms with van der Waals surface area (Å²) in [5.41, 5.74) is 0.423. The smallest absolute Gasteiger partial charge is 0.0672 e. The van der Waals surface area contributed by atoms with Gasteiger partial charge in [0, 0.05) is 18.6 Å². The van der Waals surface area contributed by atoms with Crippen LogP contribution in [0.4, 0.5) is 0 Å². The zero-order chi connectivity index (χ0) is 14.6. The number of hydrogen-bond donors (Lipinski definition) is 1. The minimum absolute atomic E-state index is 0.423. The van der Waals surface area contributed by atoms with Crippen molar-refractivity contribution in [1.29, 1.82) is 0 Å². The highest BCUT2D eigenvalue weighted by Crippen LogP contribution is 2.51. The third-order valence-electron chi connectivity index (χ3n) is 5.43. The molecule has 2 fully saturated rings. The van der Waals surface area contributed by atoms with Gasteiger partial charge in [-0.1, -0.05) is 40.5 Å². The quantitative estimate of drug-likeness (QED) is 0.682. The molecule has 0 bridgehead atoms. The molecule has 1 heterocycles. The Kier molecular flexibility index (Phi) is 5.92. The number of ether oxygens (including phenoxy) is 1. The summed E-state index contributed by atoms with van der Waals surface area (Å²) in [5, 5.41) is 3.75. The SMILES string of the molecule is CCC(CC)CC1(CNCC(C)C)CCOC1C1CC1. The van der Waals surface area contributed by atoms with Gasteiger partial charge in [0.2, 0.25) is 0 Å². The van der Waals surface area contributed by atoms with E-state index in [9.17, 15) is 0 Å². The lowest BCUT2D eigenvalue weighted by atomic mass is 9.71. The van der Waals surface area contributed by atoms with Crippen LogP contribution in [-0.2, 0) is 4.74 Å². The molecule has 2 aliphatic rings. The van der Waals surface area contributed by atoms with E-state index in [1.165, 1.54) is 45.1 Å². The van der Waals surface area contributed by atoms with Gasteiger partial charge >= 0.3 is 0 Å². The molecule has 0 spiro atoms. The van der Waals surface area contributed by atoms with Crippen LogP contribution in [-0.4, -0.2) is 25.8 Å². The summed E-state index contributed by atoms with van der Waals surface area (Å²) in [7, 11) is 0. The Hall–Kier alpha value is -0.0800. The van der Waals surface area contributed by atoms with E-state index >= 15 is 0 Å². The molecule has 1 aliphatic carbocycles. The fourth-order valence-electron chi connectivity index (χ4n) is 3.98. The highest BCUT2D eigenvalue weighted by molar-refractivity contribution is 5.01. The maximum absolute atomic E-state index is 6.20. The van der Waals surface area contributed by atoms with E-state index < -0.39 is 0 Å². The summed E-state index contributed by atoms with van der Waals surface area (Å²) in [6, 6.07) is 0. The van der Waals surface area contributed by atoms with Crippen LogP contribution in [0.25, 0.3) is 0 Å². The molecule has 20 heavy (non-hydrogen) atoms. The van der Waals surface area contributed by atoms with Gasteiger partial charge in [0.1, 0.15) is 0 Å². The van der Waals surface area contributed by atoms with Crippen LogP contribution in [0, 0.1) is 23.2 Å². The first-order valence-electron chi connectivity index (χ1n) is 8.93. The van der Waals surface area contributed by atoms with Gasteiger partial charge in [-0.05, 0) is 50.0 Å². The van der Waals surface area contributed by atoms with Gasteiger partial charge in [0.05, 0.1) is 6.10 Å². The van der Waals surface area contributed by atoms with E-state index in [1.54, 1.807) is 0 Å². The van der Waals surface area contributed by atoms with Crippen LogP contribution in [0.2, 0.25) is 0 Å². The molecule has 2 heteroatoms. The molecular formula is C18H35NO. The van der Waals surface area contributed by atoms with E-state index in [1.807, 2.05) is 0 Å². The summed E-state index contributed by atoms with van der Waals surface area (Å²) in [4.78, 5) is 0. The van der Waals surface area contributed by atoms with Gasteiger partial charge in [-0.15, -0.1) is 0 Å². The molecule has 0 aromatic carbocycles. The van der Waals surface area contributed by atoms with Crippen molar-refractivity contribution in [1.82, 2.24) is 5.32 Å². The van der Waals surface area contributed by atoms with Gasteiger partial charge in [0.15, 0.2) is 0 Å². The number of rotatable bonds is 9. The molecule has 0 aromatic heterocycles. The molecule has 118 valence electrons. The zero-order valence-corrected chi connectivity index (χ0v) is 14.1. The van der Waals surface area contributed by atoms with Crippen molar-refractivity contribution in [3.8, 4) is 0 Å². The van der Waals surface area contributed by atoms with Crippen LogP contribution in [0.3, 0.4) is 0 Å². The summed E-state index contributed by atoms with van der Waals surface area (Å²) in [5.74, 6) is 2.48. The van der Waals surface area contributed by atoms with Gasteiger partial charge in [-0.3, -0.25) is 0 Å². The van der Waals surface area contributed by atoms with Gasteiger partial charge in [0.25, 0.3) is 0 Å². The summed E-state index contributed by atoms with van der Waals surface area (Å²) < 4.78 is 6.20. The second-order valence-electron chi connectivity index (χ2n) is 7.65. The minimum Gasteiger partial charge on any atom is -0.377 e. The molecule has 1 aliphatic heterocycles. The number of nitrogens with one attached hydrogen (secondary N) is 1. The Morgan fingerprint density at radius 2 is 1.90 bits per heavy atom. The molecule has 2 nitrogen and oxygen atoms in total. The normalized spacial score (nSPS) is 30.6. The molecule has 1 saturated carbocycles. The first-order valence-corrected chi connectivity index (χ1v) is 8.93. The Balaban J connectivity index is 2.01. The highest BCUT2D eigenvalue weighted by Gasteiger charge is 2.50. The topological polar surface area (TPSA) is 21.3 Å². The summed E-state index contributed by atoms with van der Waals surface area (Å²) in [6.07, 6.45) is 8.63. The van der Waals surface area contributed by atoms with Crippen molar-refractivity contribution < 1.29 is 4.74 Å². The molecule has 2 atom stereocenters. The van der Waals surface area contributed by atoms with Gasteiger partial charge < -0.3 is 10.1 Å². The fraction of sp³-hybridized carbons (Fsp3) is 1.00. The molecule has 0 aromatic rings. The maximum atomic E-state index is 6.20. The molecular weight excluding hydrogens is 246 g/mol. The fourth-order valence-corrected chi connectivity index (χ4v) is 3.98. The van der Waals surface area contributed by atoms with Crippen molar-refractivity contribution in [3.05, 3.63) is 0 Å². The van der Waals surface area contributed by atoms with E-state index in [-0.39, 0.29) is 0 Å². The highest BCUT2D eigenvalue weighted by atomic mass is 16.5. The first-order chi connectivity index (χ1) is 9.61. The van der Waals surface area contributed by atoms with Crippen molar-refractivity contribution >= 4 is 0 Å². The Morgan fingerprint density at radius 3 is 2.45 bits per heavy atom. The second kappa shape index (κ2) is 7.26. The largest absolute Gasteiger partial charge is 0.377 e. The Bertz CT molecular complexity index is 283. The average Bonchev–Trinajstić information content (AvgIpc) is 3.18. The molecule has 2 unspecified atom stereocenters. The predicted octanol–water partition coefficient (Wildman–Crippen LogP) is 4.24. The molecule has 0 amide bonds. The predicted molar refractivity (Wildman–Crippen MR) is 85.9 cm³/mol.